The number of aliphatic hydroxyl groups excluding tert-OH is 1. The number of rotatable bonds is 4. The average Bonchev–Trinajstić information content (AvgIpc) is 2.73. The molecule has 6 nitrogen and oxygen atoms in total. The molecule has 0 bridgehead atoms. The van der Waals surface area contributed by atoms with Crippen molar-refractivity contribution >= 4 is 10.0 Å². The van der Waals surface area contributed by atoms with E-state index >= 15 is 0 Å². The Kier molecular flexibility index (Phi) is 4.84. The van der Waals surface area contributed by atoms with Gasteiger partial charge in [0.15, 0.2) is 0 Å². The summed E-state index contributed by atoms with van der Waals surface area (Å²) in [4.78, 5) is 4.48. The number of hydrogen-bond donors (Lipinski definition) is 1. The largest absolute Gasteiger partial charge is 0.390 e. The lowest BCUT2D eigenvalue weighted by Crippen LogP contribution is -2.52. The van der Waals surface area contributed by atoms with Gasteiger partial charge in [0.05, 0.1) is 17.9 Å². The van der Waals surface area contributed by atoms with Crippen molar-refractivity contribution in [2.75, 3.05) is 52.1 Å². The van der Waals surface area contributed by atoms with Crippen molar-refractivity contribution in [3.63, 3.8) is 0 Å². The molecular formula is C12H25N3O3S. The second-order valence-electron chi connectivity index (χ2n) is 5.61. The minimum atomic E-state index is -3.19. The van der Waals surface area contributed by atoms with E-state index in [4.69, 9.17) is 0 Å². The van der Waals surface area contributed by atoms with Gasteiger partial charge in [0.2, 0.25) is 10.0 Å². The van der Waals surface area contributed by atoms with Crippen molar-refractivity contribution in [1.29, 1.82) is 0 Å². The van der Waals surface area contributed by atoms with Crippen LogP contribution in [-0.4, -0.2) is 91.8 Å². The van der Waals surface area contributed by atoms with Crippen LogP contribution in [0.1, 0.15) is 13.3 Å². The number of β-amino-alcohol motifs (C(OH)–C–C–N with tert-alkyl or cyclic N) is 1. The number of hydrogen-bond acceptors (Lipinski definition) is 5. The maximum absolute atomic E-state index is 12.0. The second kappa shape index (κ2) is 6.05. The van der Waals surface area contributed by atoms with Crippen LogP contribution in [0, 0.1) is 0 Å². The highest BCUT2D eigenvalue weighted by molar-refractivity contribution is 7.89. The number of likely N-dealkylation sites (N-methyl/N-ethyl adjacent to an activating group) is 1. The second-order valence-corrected chi connectivity index (χ2v) is 7.70. The van der Waals surface area contributed by atoms with E-state index in [1.165, 1.54) is 4.31 Å². The van der Waals surface area contributed by atoms with Crippen LogP contribution < -0.4 is 0 Å². The summed E-state index contributed by atoms with van der Waals surface area (Å²) in [6.45, 7) is 6.31. The number of aliphatic hydroxyl groups is 1. The third-order valence-electron chi connectivity index (χ3n) is 4.09. The standard InChI is InChI=1S/C12H25N3O3S/c1-3-8-19(17,18)15-9-11(12(16)10-15)14-6-4-13(2)5-7-14/h11-12,16H,3-10H2,1-2H3/t11-,12-/m0/s1. The zero-order chi connectivity index (χ0) is 14.0. The first-order valence-electron chi connectivity index (χ1n) is 7.02. The molecule has 112 valence electrons. The molecule has 0 aromatic carbocycles. The fourth-order valence-electron chi connectivity index (χ4n) is 2.86. The van der Waals surface area contributed by atoms with Crippen LogP contribution >= 0.6 is 0 Å². The molecular weight excluding hydrogens is 266 g/mol. The molecule has 2 fully saturated rings. The third kappa shape index (κ3) is 3.46. The number of piperazine rings is 1. The van der Waals surface area contributed by atoms with Gasteiger partial charge in [-0.25, -0.2) is 8.42 Å². The highest BCUT2D eigenvalue weighted by atomic mass is 32.2. The molecule has 2 saturated heterocycles. The molecule has 2 aliphatic heterocycles. The monoisotopic (exact) mass is 291 g/mol. The minimum Gasteiger partial charge on any atom is -0.390 e. The zero-order valence-corrected chi connectivity index (χ0v) is 12.6. The molecule has 2 aliphatic rings. The maximum Gasteiger partial charge on any atom is 0.214 e. The van der Waals surface area contributed by atoms with Crippen LogP contribution in [0.3, 0.4) is 0 Å². The van der Waals surface area contributed by atoms with Crippen LogP contribution in [0.15, 0.2) is 0 Å². The van der Waals surface area contributed by atoms with Crippen molar-refractivity contribution in [2.45, 2.75) is 25.5 Å². The Labute approximate surface area is 116 Å². The van der Waals surface area contributed by atoms with Crippen molar-refractivity contribution in [3.8, 4) is 0 Å². The molecule has 0 unspecified atom stereocenters. The van der Waals surface area contributed by atoms with E-state index < -0.39 is 16.1 Å². The van der Waals surface area contributed by atoms with Crippen LogP contribution in [0.25, 0.3) is 0 Å². The van der Waals surface area contributed by atoms with Crippen molar-refractivity contribution in [2.24, 2.45) is 0 Å². The fraction of sp³-hybridized carbons (Fsp3) is 1.00. The topological polar surface area (TPSA) is 64.1 Å². The Morgan fingerprint density at radius 1 is 1.16 bits per heavy atom. The minimum absolute atomic E-state index is 0.0414. The smallest absolute Gasteiger partial charge is 0.214 e. The van der Waals surface area contributed by atoms with Gasteiger partial charge < -0.3 is 10.0 Å². The Hall–Kier alpha value is -0.210. The Morgan fingerprint density at radius 2 is 1.79 bits per heavy atom. The van der Waals surface area contributed by atoms with Gasteiger partial charge in [0, 0.05) is 39.3 Å². The first kappa shape index (κ1) is 15.2. The maximum atomic E-state index is 12.0. The van der Waals surface area contributed by atoms with Crippen LogP contribution in [-0.2, 0) is 10.0 Å². The molecule has 7 heteroatoms. The lowest BCUT2D eigenvalue weighted by Gasteiger charge is -2.37. The molecule has 0 aromatic heterocycles. The predicted octanol–water partition coefficient (Wildman–Crippen LogP) is -0.981. The van der Waals surface area contributed by atoms with E-state index in [9.17, 15) is 13.5 Å². The molecule has 0 aliphatic carbocycles. The molecule has 1 N–H and O–H groups in total. The van der Waals surface area contributed by atoms with Gasteiger partial charge in [-0.3, -0.25) is 4.90 Å². The lowest BCUT2D eigenvalue weighted by molar-refractivity contribution is 0.0512. The molecule has 0 radical (unpaired) electrons. The quantitative estimate of drug-likeness (QED) is 0.721. The van der Waals surface area contributed by atoms with Crippen LogP contribution in [0.5, 0.6) is 0 Å². The van der Waals surface area contributed by atoms with Gasteiger partial charge in [-0.05, 0) is 13.5 Å². The molecule has 2 rings (SSSR count). The highest BCUT2D eigenvalue weighted by Crippen LogP contribution is 2.21. The third-order valence-corrected chi connectivity index (χ3v) is 6.10. The molecule has 2 atom stereocenters. The van der Waals surface area contributed by atoms with Crippen molar-refractivity contribution in [1.82, 2.24) is 14.1 Å². The summed E-state index contributed by atoms with van der Waals surface area (Å²) in [6.07, 6.45) is 0.0590. The predicted molar refractivity (Wildman–Crippen MR) is 74.5 cm³/mol. The molecule has 2 heterocycles. The molecule has 19 heavy (non-hydrogen) atoms. The van der Waals surface area contributed by atoms with E-state index in [2.05, 4.69) is 16.8 Å². The molecule has 0 aromatic rings. The number of sulfonamides is 1. The van der Waals surface area contributed by atoms with Crippen LogP contribution in [0.2, 0.25) is 0 Å². The van der Waals surface area contributed by atoms with Gasteiger partial charge in [0.1, 0.15) is 0 Å². The summed E-state index contributed by atoms with van der Waals surface area (Å²) >= 11 is 0. The lowest BCUT2D eigenvalue weighted by atomic mass is 10.1. The number of nitrogens with zero attached hydrogens (tertiary/aromatic N) is 3. The van der Waals surface area contributed by atoms with Gasteiger partial charge >= 0.3 is 0 Å². The first-order valence-corrected chi connectivity index (χ1v) is 8.63. The summed E-state index contributed by atoms with van der Waals surface area (Å²) in [7, 11) is -1.11. The zero-order valence-electron chi connectivity index (χ0n) is 11.8. The van der Waals surface area contributed by atoms with Crippen molar-refractivity contribution in [3.05, 3.63) is 0 Å². The summed E-state index contributed by atoms with van der Waals surface area (Å²) in [5, 5.41) is 10.1. The molecule has 0 amide bonds. The first-order chi connectivity index (χ1) is 8.94. The van der Waals surface area contributed by atoms with Gasteiger partial charge in [0.25, 0.3) is 0 Å². The average molecular weight is 291 g/mol. The van der Waals surface area contributed by atoms with Gasteiger partial charge in [-0.15, -0.1) is 0 Å². The van der Waals surface area contributed by atoms with Crippen LogP contribution in [0.4, 0.5) is 0 Å². The highest BCUT2D eigenvalue weighted by Gasteiger charge is 2.40. The fourth-order valence-corrected chi connectivity index (χ4v) is 4.40. The van der Waals surface area contributed by atoms with E-state index in [1.54, 1.807) is 0 Å². The summed E-state index contributed by atoms with van der Waals surface area (Å²) < 4.78 is 25.6. The molecule has 0 saturated carbocycles. The SMILES string of the molecule is CCCS(=O)(=O)N1C[C@H](O)[C@@H](N2CCN(C)CC2)C1. The Morgan fingerprint density at radius 3 is 2.37 bits per heavy atom. The Bertz CT molecular complexity index is 393. The van der Waals surface area contributed by atoms with Crippen molar-refractivity contribution < 1.29 is 13.5 Å². The summed E-state index contributed by atoms with van der Waals surface area (Å²) in [5.41, 5.74) is 0. The summed E-state index contributed by atoms with van der Waals surface area (Å²) in [6, 6.07) is -0.0414. The Balaban J connectivity index is 1.98. The van der Waals surface area contributed by atoms with E-state index in [1.807, 2.05) is 6.92 Å². The van der Waals surface area contributed by atoms with Gasteiger partial charge in [-0.1, -0.05) is 6.92 Å². The van der Waals surface area contributed by atoms with E-state index in [0.29, 0.717) is 13.0 Å². The molecule has 0 spiro atoms. The normalized spacial score (nSPS) is 31.9. The summed E-state index contributed by atoms with van der Waals surface area (Å²) in [5.74, 6) is 0.176. The van der Waals surface area contributed by atoms with E-state index in [-0.39, 0.29) is 18.3 Å². The van der Waals surface area contributed by atoms with Gasteiger partial charge in [-0.2, -0.15) is 4.31 Å². The van der Waals surface area contributed by atoms with E-state index in [0.717, 1.165) is 26.2 Å².